The molecule has 0 radical (unpaired) electrons. The Hall–Kier alpha value is -2.44. The Labute approximate surface area is 90.4 Å². The number of imidazole rings is 2. The first kappa shape index (κ1) is 8.84. The van der Waals surface area contributed by atoms with Crippen LogP contribution in [0.4, 0.5) is 5.95 Å². The minimum atomic E-state index is 0.218. The highest BCUT2D eigenvalue weighted by Crippen LogP contribution is 2.17. The zero-order valence-corrected chi connectivity index (χ0v) is 8.55. The summed E-state index contributed by atoms with van der Waals surface area (Å²) in [7, 11) is 1.90. The summed E-state index contributed by atoms with van der Waals surface area (Å²) in [5, 5.41) is 0. The smallest absolute Gasteiger partial charge is 0.222 e. The Balaban J connectivity index is 2.23. The van der Waals surface area contributed by atoms with Gasteiger partial charge in [-0.25, -0.2) is 15.0 Å². The lowest BCUT2D eigenvalue weighted by atomic mass is 10.4. The van der Waals surface area contributed by atoms with Gasteiger partial charge in [0.15, 0.2) is 11.5 Å². The van der Waals surface area contributed by atoms with E-state index in [1.807, 2.05) is 11.6 Å². The second kappa shape index (κ2) is 3.02. The third kappa shape index (κ3) is 1.22. The first-order valence-electron chi connectivity index (χ1n) is 4.69. The molecule has 0 bridgehead atoms. The van der Waals surface area contributed by atoms with Gasteiger partial charge in [-0.15, -0.1) is 0 Å². The van der Waals surface area contributed by atoms with Crippen LogP contribution < -0.4 is 5.73 Å². The average molecular weight is 215 g/mol. The second-order valence-corrected chi connectivity index (χ2v) is 3.44. The third-order valence-corrected chi connectivity index (χ3v) is 2.32. The maximum atomic E-state index is 5.49. The van der Waals surface area contributed by atoms with Crippen LogP contribution in [-0.2, 0) is 7.05 Å². The number of aromatic amines is 1. The molecule has 80 valence electrons. The van der Waals surface area contributed by atoms with Crippen molar-refractivity contribution in [2.24, 2.45) is 7.05 Å². The zero-order valence-electron chi connectivity index (χ0n) is 8.55. The predicted octanol–water partition coefficient (Wildman–Crippen LogP) is 0.336. The zero-order chi connectivity index (χ0) is 11.1. The molecule has 0 saturated carbocycles. The van der Waals surface area contributed by atoms with E-state index in [1.54, 1.807) is 18.7 Å². The number of aromatic nitrogens is 6. The van der Waals surface area contributed by atoms with Gasteiger partial charge in [-0.1, -0.05) is 0 Å². The first-order valence-corrected chi connectivity index (χ1v) is 4.69. The molecule has 0 spiro atoms. The molecule has 0 saturated heterocycles. The molecule has 3 aromatic rings. The third-order valence-electron chi connectivity index (χ3n) is 2.32. The molecular weight excluding hydrogens is 206 g/mol. The van der Waals surface area contributed by atoms with Gasteiger partial charge in [0, 0.05) is 7.05 Å². The lowest BCUT2D eigenvalue weighted by molar-refractivity contribution is 0.913. The molecule has 7 nitrogen and oxygen atoms in total. The Bertz CT molecular complexity index is 651. The number of aryl methyl sites for hydroxylation is 1. The molecule has 3 N–H and O–H groups in total. The summed E-state index contributed by atoms with van der Waals surface area (Å²) in [5.74, 6) is 0.922. The van der Waals surface area contributed by atoms with Crippen LogP contribution in [-0.4, -0.2) is 29.5 Å². The Morgan fingerprint density at radius 3 is 2.94 bits per heavy atom. The molecule has 3 heterocycles. The number of hydrogen-bond donors (Lipinski definition) is 2. The number of hydrogen-bond acceptors (Lipinski definition) is 5. The van der Waals surface area contributed by atoms with Gasteiger partial charge in [0.25, 0.3) is 0 Å². The van der Waals surface area contributed by atoms with Crippen molar-refractivity contribution in [3.63, 3.8) is 0 Å². The highest BCUT2D eigenvalue weighted by molar-refractivity contribution is 5.74. The Kier molecular flexibility index (Phi) is 1.67. The van der Waals surface area contributed by atoms with E-state index in [2.05, 4.69) is 24.9 Å². The minimum absolute atomic E-state index is 0.218. The fraction of sp³-hybridized carbons (Fsp3) is 0.111. The number of nitrogen functional groups attached to an aromatic ring is 1. The number of fused-ring (bicyclic) bond motifs is 1. The van der Waals surface area contributed by atoms with Crippen molar-refractivity contribution in [1.82, 2.24) is 29.5 Å². The summed E-state index contributed by atoms with van der Waals surface area (Å²) >= 11 is 0. The highest BCUT2D eigenvalue weighted by Gasteiger charge is 2.09. The van der Waals surface area contributed by atoms with E-state index in [1.165, 1.54) is 0 Å². The van der Waals surface area contributed by atoms with E-state index < -0.39 is 0 Å². The molecule has 3 aromatic heterocycles. The molecule has 0 atom stereocenters. The summed E-state index contributed by atoms with van der Waals surface area (Å²) in [5.41, 5.74) is 7.69. The van der Waals surface area contributed by atoms with Gasteiger partial charge in [0.2, 0.25) is 5.95 Å². The van der Waals surface area contributed by atoms with Crippen molar-refractivity contribution >= 4 is 17.1 Å². The van der Waals surface area contributed by atoms with Crippen LogP contribution >= 0.6 is 0 Å². The van der Waals surface area contributed by atoms with Gasteiger partial charge in [-0.05, 0) is 0 Å². The number of nitrogens with two attached hydrogens (primary N) is 1. The van der Waals surface area contributed by atoms with Crippen LogP contribution in [0.25, 0.3) is 22.7 Å². The van der Waals surface area contributed by atoms with Gasteiger partial charge in [0.05, 0.1) is 18.7 Å². The molecule has 0 aliphatic carbocycles. The van der Waals surface area contributed by atoms with Crippen molar-refractivity contribution in [3.8, 4) is 11.5 Å². The monoisotopic (exact) mass is 215 g/mol. The standard InChI is InChI=1S/C9H9N7/c1-16-4-11-3-6(16)8-13-5-2-12-9(10)15-7(5)14-8/h2-4H,1H3,(H3,10,12,13,14,15). The molecule has 3 rings (SSSR count). The summed E-state index contributed by atoms with van der Waals surface area (Å²) in [6.07, 6.45) is 5.06. The van der Waals surface area contributed by atoms with E-state index >= 15 is 0 Å². The van der Waals surface area contributed by atoms with Crippen molar-refractivity contribution in [1.29, 1.82) is 0 Å². The first-order chi connectivity index (χ1) is 7.74. The van der Waals surface area contributed by atoms with E-state index in [4.69, 9.17) is 5.73 Å². The van der Waals surface area contributed by atoms with Gasteiger partial charge in [-0.3, -0.25) is 0 Å². The fourth-order valence-corrected chi connectivity index (χ4v) is 1.53. The van der Waals surface area contributed by atoms with Crippen LogP contribution in [0.15, 0.2) is 18.7 Å². The summed E-state index contributed by atoms with van der Waals surface area (Å²) < 4.78 is 1.87. The van der Waals surface area contributed by atoms with Gasteiger partial charge >= 0.3 is 0 Å². The lowest BCUT2D eigenvalue weighted by Crippen LogP contribution is -1.93. The summed E-state index contributed by atoms with van der Waals surface area (Å²) in [6, 6.07) is 0. The van der Waals surface area contributed by atoms with E-state index in [-0.39, 0.29) is 5.95 Å². The average Bonchev–Trinajstić information content (AvgIpc) is 2.82. The van der Waals surface area contributed by atoms with Crippen LogP contribution in [0.5, 0.6) is 0 Å². The summed E-state index contributed by atoms with van der Waals surface area (Å²) in [4.78, 5) is 19.4. The molecule has 0 fully saturated rings. The number of rotatable bonds is 1. The SMILES string of the molecule is Cn1cncc1-c1nc2nc(N)ncc2[nH]1. The normalized spacial score (nSPS) is 11.1. The van der Waals surface area contributed by atoms with E-state index in [0.29, 0.717) is 11.5 Å². The van der Waals surface area contributed by atoms with Crippen molar-refractivity contribution in [3.05, 3.63) is 18.7 Å². The molecule has 7 heteroatoms. The molecule has 16 heavy (non-hydrogen) atoms. The fourth-order valence-electron chi connectivity index (χ4n) is 1.53. The van der Waals surface area contributed by atoms with Crippen molar-refractivity contribution < 1.29 is 0 Å². The van der Waals surface area contributed by atoms with Crippen molar-refractivity contribution in [2.75, 3.05) is 5.73 Å². The van der Waals surface area contributed by atoms with E-state index in [0.717, 1.165) is 11.2 Å². The maximum absolute atomic E-state index is 5.49. The minimum Gasteiger partial charge on any atom is -0.368 e. The lowest BCUT2D eigenvalue weighted by Gasteiger charge is -1.95. The number of H-pyrrole nitrogens is 1. The number of anilines is 1. The highest BCUT2D eigenvalue weighted by atomic mass is 15.1. The van der Waals surface area contributed by atoms with E-state index in [9.17, 15) is 0 Å². The van der Waals surface area contributed by atoms with Gasteiger partial charge in [-0.2, -0.15) is 4.98 Å². The number of nitrogens with zero attached hydrogens (tertiary/aromatic N) is 5. The van der Waals surface area contributed by atoms with Gasteiger partial charge < -0.3 is 15.3 Å². The maximum Gasteiger partial charge on any atom is 0.222 e. The molecule has 0 unspecified atom stereocenters. The molecular formula is C9H9N7. The Morgan fingerprint density at radius 2 is 2.19 bits per heavy atom. The number of nitrogens with one attached hydrogen (secondary N) is 1. The molecule has 0 aliphatic rings. The summed E-state index contributed by atoms with van der Waals surface area (Å²) in [6.45, 7) is 0. The predicted molar refractivity (Wildman–Crippen MR) is 58.3 cm³/mol. The van der Waals surface area contributed by atoms with Crippen molar-refractivity contribution in [2.45, 2.75) is 0 Å². The molecule has 0 aliphatic heterocycles. The molecule has 0 aromatic carbocycles. The van der Waals surface area contributed by atoms with Crippen LogP contribution in [0.1, 0.15) is 0 Å². The topological polar surface area (TPSA) is 98.3 Å². The second-order valence-electron chi connectivity index (χ2n) is 3.44. The van der Waals surface area contributed by atoms with Crippen LogP contribution in [0, 0.1) is 0 Å². The van der Waals surface area contributed by atoms with Crippen LogP contribution in [0.2, 0.25) is 0 Å². The largest absolute Gasteiger partial charge is 0.368 e. The quantitative estimate of drug-likeness (QED) is 0.609. The van der Waals surface area contributed by atoms with Crippen LogP contribution in [0.3, 0.4) is 0 Å². The molecule has 0 amide bonds. The Morgan fingerprint density at radius 1 is 1.31 bits per heavy atom. The van der Waals surface area contributed by atoms with Gasteiger partial charge in [0.1, 0.15) is 11.2 Å².